The van der Waals surface area contributed by atoms with Gasteiger partial charge in [0.2, 0.25) is 0 Å². The molecule has 0 amide bonds. The molecule has 0 aromatic heterocycles. The van der Waals surface area contributed by atoms with Gasteiger partial charge in [0.05, 0.1) is 0 Å². The van der Waals surface area contributed by atoms with Crippen LogP contribution >= 0.6 is 0 Å². The lowest BCUT2D eigenvalue weighted by Gasteiger charge is -2.18. The second-order valence-corrected chi connectivity index (χ2v) is 7.41. The third kappa shape index (κ3) is 3.39. The van der Waals surface area contributed by atoms with Gasteiger partial charge in [-0.2, -0.15) is 0 Å². The standard InChI is InChI=1S/C27H21NO/c29-27-23(15-21-11-5-9-19-7-1-3-13-25(19)21)17-28-18-24(27)16-22-12-6-10-20-8-2-4-14-26(20)22/h1-16,28H,17-18H2/b23-15-,24-16+. The lowest BCUT2D eigenvalue weighted by molar-refractivity contribution is -0.112. The Morgan fingerprint density at radius 2 is 1.03 bits per heavy atom. The van der Waals surface area contributed by atoms with E-state index in [-0.39, 0.29) is 5.78 Å². The first-order valence-corrected chi connectivity index (χ1v) is 9.92. The summed E-state index contributed by atoms with van der Waals surface area (Å²) in [5, 5.41) is 8.10. The number of nitrogens with one attached hydrogen (secondary N) is 1. The maximum Gasteiger partial charge on any atom is 0.187 e. The summed E-state index contributed by atoms with van der Waals surface area (Å²) in [6.07, 6.45) is 4.07. The molecule has 1 fully saturated rings. The Morgan fingerprint density at radius 1 is 0.586 bits per heavy atom. The highest BCUT2D eigenvalue weighted by Gasteiger charge is 2.20. The van der Waals surface area contributed by atoms with Crippen LogP contribution in [0.5, 0.6) is 0 Å². The molecule has 4 aromatic rings. The minimum Gasteiger partial charge on any atom is -0.308 e. The largest absolute Gasteiger partial charge is 0.308 e. The predicted molar refractivity (Wildman–Crippen MR) is 122 cm³/mol. The molecule has 1 aliphatic rings. The van der Waals surface area contributed by atoms with Crippen LogP contribution in [0, 0.1) is 0 Å². The van der Waals surface area contributed by atoms with E-state index in [2.05, 4.69) is 53.8 Å². The molecular weight excluding hydrogens is 354 g/mol. The van der Waals surface area contributed by atoms with Gasteiger partial charge < -0.3 is 5.32 Å². The van der Waals surface area contributed by atoms with Crippen molar-refractivity contribution in [3.8, 4) is 0 Å². The van der Waals surface area contributed by atoms with Crippen LogP contribution in [-0.4, -0.2) is 18.9 Å². The molecule has 0 atom stereocenters. The fraction of sp³-hybridized carbons (Fsp3) is 0.0741. The molecule has 0 unspecified atom stereocenters. The number of fused-ring (bicyclic) bond motifs is 2. The van der Waals surface area contributed by atoms with Crippen molar-refractivity contribution in [1.29, 1.82) is 0 Å². The van der Waals surface area contributed by atoms with Gasteiger partial charge in [0.25, 0.3) is 0 Å². The van der Waals surface area contributed by atoms with Gasteiger partial charge in [-0.1, -0.05) is 84.9 Å². The highest BCUT2D eigenvalue weighted by molar-refractivity contribution is 6.16. The van der Waals surface area contributed by atoms with Gasteiger partial charge in [-0.15, -0.1) is 0 Å². The second-order valence-electron chi connectivity index (χ2n) is 7.41. The Kier molecular flexibility index (Phi) is 4.55. The molecule has 29 heavy (non-hydrogen) atoms. The van der Waals surface area contributed by atoms with E-state index in [0.717, 1.165) is 22.3 Å². The number of benzene rings is 4. The van der Waals surface area contributed by atoms with E-state index in [9.17, 15) is 4.79 Å². The molecule has 0 radical (unpaired) electrons. The van der Waals surface area contributed by atoms with E-state index in [1.54, 1.807) is 0 Å². The van der Waals surface area contributed by atoms with E-state index >= 15 is 0 Å². The van der Waals surface area contributed by atoms with Crippen LogP contribution in [0.3, 0.4) is 0 Å². The average Bonchev–Trinajstić information content (AvgIpc) is 2.77. The molecule has 1 heterocycles. The number of ketones is 1. The van der Waals surface area contributed by atoms with E-state index in [1.165, 1.54) is 21.5 Å². The lowest BCUT2D eigenvalue weighted by atomic mass is 9.93. The van der Waals surface area contributed by atoms with Gasteiger partial charge >= 0.3 is 0 Å². The predicted octanol–water partition coefficient (Wildman–Crippen LogP) is 5.63. The summed E-state index contributed by atoms with van der Waals surface area (Å²) >= 11 is 0. The maximum absolute atomic E-state index is 13.2. The normalized spacial score (nSPS) is 17.4. The Bertz CT molecular complexity index is 1190. The molecular formula is C27H21NO. The van der Waals surface area contributed by atoms with E-state index in [4.69, 9.17) is 0 Å². The summed E-state index contributed by atoms with van der Waals surface area (Å²) in [4.78, 5) is 13.2. The van der Waals surface area contributed by atoms with E-state index in [1.807, 2.05) is 48.6 Å². The first-order valence-electron chi connectivity index (χ1n) is 9.92. The average molecular weight is 375 g/mol. The van der Waals surface area contributed by atoms with Crippen LogP contribution in [0.2, 0.25) is 0 Å². The van der Waals surface area contributed by atoms with Crippen molar-refractivity contribution < 1.29 is 4.79 Å². The summed E-state index contributed by atoms with van der Waals surface area (Å²) in [6.45, 7) is 1.18. The summed E-state index contributed by atoms with van der Waals surface area (Å²) in [5.74, 6) is 0.129. The van der Waals surface area contributed by atoms with Crippen LogP contribution in [0.15, 0.2) is 96.1 Å². The summed E-state index contributed by atoms with van der Waals surface area (Å²) < 4.78 is 0. The number of hydrogen-bond acceptors (Lipinski definition) is 2. The van der Waals surface area contributed by atoms with Crippen LogP contribution in [0.4, 0.5) is 0 Å². The Labute approximate surface area is 170 Å². The summed E-state index contributed by atoms with van der Waals surface area (Å²) in [5.41, 5.74) is 3.78. The zero-order valence-electron chi connectivity index (χ0n) is 16.1. The lowest BCUT2D eigenvalue weighted by Crippen LogP contribution is -2.32. The monoisotopic (exact) mass is 375 g/mol. The Balaban J connectivity index is 1.55. The number of Topliss-reactive ketones (excluding diaryl/α,β-unsaturated/α-hetero) is 1. The number of hydrogen-bond donors (Lipinski definition) is 1. The van der Waals surface area contributed by atoms with Crippen molar-refractivity contribution in [2.45, 2.75) is 0 Å². The maximum atomic E-state index is 13.2. The van der Waals surface area contributed by atoms with Crippen molar-refractivity contribution in [3.63, 3.8) is 0 Å². The summed E-state index contributed by atoms with van der Waals surface area (Å²) in [6, 6.07) is 29.0. The molecule has 1 saturated heterocycles. The highest BCUT2D eigenvalue weighted by Crippen LogP contribution is 2.25. The Hall–Kier alpha value is -3.49. The smallest absolute Gasteiger partial charge is 0.187 e. The minimum atomic E-state index is 0.129. The molecule has 5 rings (SSSR count). The topological polar surface area (TPSA) is 29.1 Å². The van der Waals surface area contributed by atoms with Gasteiger partial charge in [-0.25, -0.2) is 0 Å². The first-order chi connectivity index (χ1) is 14.3. The van der Waals surface area contributed by atoms with Gasteiger partial charge in [-0.05, 0) is 44.8 Å². The van der Waals surface area contributed by atoms with Crippen LogP contribution in [0.1, 0.15) is 11.1 Å². The molecule has 0 spiro atoms. The van der Waals surface area contributed by atoms with Crippen molar-refractivity contribution >= 4 is 39.5 Å². The third-order valence-corrected chi connectivity index (χ3v) is 5.52. The molecule has 4 aromatic carbocycles. The second kappa shape index (κ2) is 7.50. The van der Waals surface area contributed by atoms with Crippen molar-refractivity contribution in [2.75, 3.05) is 13.1 Å². The molecule has 1 N–H and O–H groups in total. The van der Waals surface area contributed by atoms with Crippen molar-refractivity contribution in [2.24, 2.45) is 0 Å². The molecule has 2 nitrogen and oxygen atoms in total. The van der Waals surface area contributed by atoms with E-state index in [0.29, 0.717) is 13.1 Å². The van der Waals surface area contributed by atoms with Crippen LogP contribution < -0.4 is 5.32 Å². The van der Waals surface area contributed by atoms with Gasteiger partial charge in [-0.3, -0.25) is 4.79 Å². The fourth-order valence-corrected chi connectivity index (χ4v) is 4.06. The SMILES string of the molecule is O=C1/C(=C\c2cccc3ccccc23)CNC/C1=C\c1cccc2ccccc12. The van der Waals surface area contributed by atoms with Crippen LogP contribution in [0.25, 0.3) is 33.7 Å². The molecule has 0 bridgehead atoms. The quantitative estimate of drug-likeness (QED) is 0.460. The fourth-order valence-electron chi connectivity index (χ4n) is 4.06. The Morgan fingerprint density at radius 3 is 1.55 bits per heavy atom. The molecule has 0 aliphatic carbocycles. The molecule has 2 heteroatoms. The number of carbonyl (C=O) groups excluding carboxylic acids is 1. The van der Waals surface area contributed by atoms with Gasteiger partial charge in [0.15, 0.2) is 5.78 Å². The van der Waals surface area contributed by atoms with Crippen molar-refractivity contribution in [3.05, 3.63) is 107 Å². The highest BCUT2D eigenvalue weighted by atomic mass is 16.1. The van der Waals surface area contributed by atoms with Crippen LogP contribution in [-0.2, 0) is 4.79 Å². The third-order valence-electron chi connectivity index (χ3n) is 5.52. The van der Waals surface area contributed by atoms with E-state index < -0.39 is 0 Å². The van der Waals surface area contributed by atoms with Gasteiger partial charge in [0, 0.05) is 24.2 Å². The number of carbonyl (C=O) groups is 1. The van der Waals surface area contributed by atoms with Gasteiger partial charge in [0.1, 0.15) is 0 Å². The molecule has 1 aliphatic heterocycles. The number of piperidine rings is 1. The molecule has 0 saturated carbocycles. The summed E-state index contributed by atoms with van der Waals surface area (Å²) in [7, 11) is 0. The minimum absolute atomic E-state index is 0.129. The first kappa shape index (κ1) is 17.6. The zero-order valence-corrected chi connectivity index (χ0v) is 16.1. The number of rotatable bonds is 2. The van der Waals surface area contributed by atoms with Crippen molar-refractivity contribution in [1.82, 2.24) is 5.32 Å². The zero-order chi connectivity index (χ0) is 19.6. The molecule has 140 valence electrons.